The molecule has 19 heavy (non-hydrogen) atoms. The number of phenolic OH excluding ortho intramolecular Hbond substituents is 1. The molecule has 1 atom stereocenters. The molecule has 0 unspecified atom stereocenters. The number of nitrogens with two attached hydrogens (primary N) is 1. The molecule has 0 spiro atoms. The lowest BCUT2D eigenvalue weighted by molar-refractivity contribution is 0.474. The van der Waals surface area contributed by atoms with Crippen LogP contribution < -0.4 is 5.73 Å². The second-order valence-electron chi connectivity index (χ2n) is 5.05. The van der Waals surface area contributed by atoms with Crippen molar-refractivity contribution in [2.24, 2.45) is 5.73 Å². The van der Waals surface area contributed by atoms with Crippen LogP contribution in [0, 0.1) is 6.92 Å². The maximum absolute atomic E-state index is 9.27. The van der Waals surface area contributed by atoms with Crippen LogP contribution in [0.4, 0.5) is 0 Å². The summed E-state index contributed by atoms with van der Waals surface area (Å²) in [7, 11) is 0. The first kappa shape index (κ1) is 13.5. The van der Waals surface area contributed by atoms with Gasteiger partial charge in [-0.2, -0.15) is 0 Å². The number of aryl methyl sites for hydroxylation is 1. The van der Waals surface area contributed by atoms with E-state index in [4.69, 9.17) is 5.73 Å². The van der Waals surface area contributed by atoms with E-state index in [0.29, 0.717) is 6.42 Å². The molecular weight excluding hydrogens is 240 g/mol. The molecule has 0 aliphatic carbocycles. The average Bonchev–Trinajstić information content (AvgIpc) is 2.74. The van der Waals surface area contributed by atoms with E-state index >= 15 is 0 Å². The Bertz CT molecular complexity index is 545. The lowest BCUT2D eigenvalue weighted by Crippen LogP contribution is -2.20. The summed E-state index contributed by atoms with van der Waals surface area (Å²) in [6, 6.07) is 7.17. The molecule has 0 radical (unpaired) electrons. The Labute approximate surface area is 113 Å². The van der Waals surface area contributed by atoms with Gasteiger partial charge in [0.05, 0.1) is 6.04 Å². The minimum Gasteiger partial charge on any atom is -0.508 e. The van der Waals surface area contributed by atoms with E-state index in [1.807, 2.05) is 19.1 Å². The summed E-state index contributed by atoms with van der Waals surface area (Å²) in [6.07, 6.45) is 0.672. The molecule has 0 aliphatic heterocycles. The van der Waals surface area contributed by atoms with Crippen LogP contribution in [0.2, 0.25) is 0 Å². The van der Waals surface area contributed by atoms with Crippen molar-refractivity contribution >= 4 is 0 Å². The van der Waals surface area contributed by atoms with E-state index < -0.39 is 0 Å². The van der Waals surface area contributed by atoms with Crippen LogP contribution in [-0.4, -0.2) is 19.9 Å². The van der Waals surface area contributed by atoms with E-state index in [1.54, 1.807) is 12.1 Å². The third kappa shape index (κ3) is 2.93. The van der Waals surface area contributed by atoms with E-state index in [9.17, 15) is 5.11 Å². The van der Waals surface area contributed by atoms with Gasteiger partial charge in [-0.05, 0) is 44.9 Å². The number of benzene rings is 1. The van der Waals surface area contributed by atoms with Gasteiger partial charge >= 0.3 is 0 Å². The highest BCUT2D eigenvalue weighted by Crippen LogP contribution is 2.20. The molecule has 1 heterocycles. The fourth-order valence-electron chi connectivity index (χ4n) is 2.25. The molecule has 3 N–H and O–H groups in total. The molecule has 0 bridgehead atoms. The van der Waals surface area contributed by atoms with Gasteiger partial charge in [-0.15, -0.1) is 10.2 Å². The van der Waals surface area contributed by atoms with Crippen molar-refractivity contribution < 1.29 is 5.11 Å². The largest absolute Gasteiger partial charge is 0.508 e. The van der Waals surface area contributed by atoms with Crippen LogP contribution in [0.5, 0.6) is 5.75 Å². The molecule has 5 heteroatoms. The first-order valence-corrected chi connectivity index (χ1v) is 6.44. The Morgan fingerprint density at radius 1 is 1.21 bits per heavy atom. The summed E-state index contributed by atoms with van der Waals surface area (Å²) in [5.41, 5.74) is 7.30. The summed E-state index contributed by atoms with van der Waals surface area (Å²) in [5.74, 6) is 1.95. The quantitative estimate of drug-likeness (QED) is 0.882. The minimum atomic E-state index is -0.201. The van der Waals surface area contributed by atoms with Gasteiger partial charge < -0.3 is 15.4 Å². The summed E-state index contributed by atoms with van der Waals surface area (Å²) < 4.78 is 2.06. The molecular formula is C14H20N4O. The SMILES string of the molecule is Cc1nnc([C@@H](N)Cc2ccc(O)cc2)n1C(C)C. The van der Waals surface area contributed by atoms with Gasteiger partial charge in [-0.3, -0.25) is 0 Å². The molecule has 2 rings (SSSR count). The van der Waals surface area contributed by atoms with Crippen LogP contribution in [0.15, 0.2) is 24.3 Å². The molecule has 0 saturated carbocycles. The van der Waals surface area contributed by atoms with Crippen molar-refractivity contribution in [2.75, 3.05) is 0 Å². The fourth-order valence-corrected chi connectivity index (χ4v) is 2.25. The van der Waals surface area contributed by atoms with E-state index in [-0.39, 0.29) is 17.8 Å². The lowest BCUT2D eigenvalue weighted by Gasteiger charge is -2.17. The Morgan fingerprint density at radius 2 is 1.84 bits per heavy atom. The zero-order valence-corrected chi connectivity index (χ0v) is 11.5. The van der Waals surface area contributed by atoms with Crippen molar-refractivity contribution in [1.82, 2.24) is 14.8 Å². The molecule has 0 fully saturated rings. The Balaban J connectivity index is 2.20. The number of rotatable bonds is 4. The van der Waals surface area contributed by atoms with Gasteiger partial charge in [0.1, 0.15) is 11.6 Å². The standard InChI is InChI=1S/C14H20N4O/c1-9(2)18-10(3)16-17-14(18)13(15)8-11-4-6-12(19)7-5-11/h4-7,9,13,19H,8,15H2,1-3H3/t13-/m0/s1. The lowest BCUT2D eigenvalue weighted by atomic mass is 10.1. The van der Waals surface area contributed by atoms with Gasteiger partial charge in [0, 0.05) is 6.04 Å². The molecule has 1 aromatic heterocycles. The first-order chi connectivity index (χ1) is 8.99. The predicted octanol–water partition coefficient (Wildman–Crippen LogP) is 2.12. The molecule has 1 aromatic carbocycles. The molecule has 5 nitrogen and oxygen atoms in total. The highest BCUT2D eigenvalue weighted by molar-refractivity contribution is 5.26. The number of aromatic hydroxyl groups is 1. The Kier molecular flexibility index (Phi) is 3.85. The molecule has 2 aromatic rings. The van der Waals surface area contributed by atoms with Gasteiger partial charge in [0.25, 0.3) is 0 Å². The van der Waals surface area contributed by atoms with Crippen LogP contribution >= 0.6 is 0 Å². The second kappa shape index (κ2) is 5.40. The first-order valence-electron chi connectivity index (χ1n) is 6.44. The predicted molar refractivity (Wildman–Crippen MR) is 73.9 cm³/mol. The van der Waals surface area contributed by atoms with Crippen molar-refractivity contribution in [2.45, 2.75) is 39.3 Å². The number of nitrogens with zero attached hydrogens (tertiary/aromatic N) is 3. The van der Waals surface area contributed by atoms with Crippen molar-refractivity contribution in [3.8, 4) is 5.75 Å². The monoisotopic (exact) mass is 260 g/mol. The van der Waals surface area contributed by atoms with Crippen LogP contribution in [0.1, 0.15) is 43.1 Å². The van der Waals surface area contributed by atoms with Crippen molar-refractivity contribution in [3.63, 3.8) is 0 Å². The van der Waals surface area contributed by atoms with E-state index in [2.05, 4.69) is 28.6 Å². The molecule has 102 valence electrons. The topological polar surface area (TPSA) is 77.0 Å². The highest BCUT2D eigenvalue weighted by atomic mass is 16.3. The second-order valence-corrected chi connectivity index (χ2v) is 5.05. The van der Waals surface area contributed by atoms with Crippen LogP contribution in [-0.2, 0) is 6.42 Å². The van der Waals surface area contributed by atoms with Crippen molar-refractivity contribution in [3.05, 3.63) is 41.5 Å². The Morgan fingerprint density at radius 3 is 2.42 bits per heavy atom. The van der Waals surface area contributed by atoms with Crippen LogP contribution in [0.25, 0.3) is 0 Å². The molecule has 0 saturated heterocycles. The van der Waals surface area contributed by atoms with E-state index in [1.165, 1.54) is 0 Å². The third-order valence-electron chi connectivity index (χ3n) is 3.13. The fraction of sp³-hybridized carbons (Fsp3) is 0.429. The molecule has 0 aliphatic rings. The smallest absolute Gasteiger partial charge is 0.150 e. The average molecular weight is 260 g/mol. The number of hydrogen-bond acceptors (Lipinski definition) is 4. The maximum Gasteiger partial charge on any atom is 0.150 e. The van der Waals surface area contributed by atoms with E-state index in [0.717, 1.165) is 17.2 Å². The zero-order chi connectivity index (χ0) is 14.0. The summed E-state index contributed by atoms with van der Waals surface area (Å²) in [6.45, 7) is 6.12. The third-order valence-corrected chi connectivity index (χ3v) is 3.13. The van der Waals surface area contributed by atoms with Crippen molar-refractivity contribution in [1.29, 1.82) is 0 Å². The minimum absolute atomic E-state index is 0.201. The zero-order valence-electron chi connectivity index (χ0n) is 11.5. The number of hydrogen-bond donors (Lipinski definition) is 2. The highest BCUT2D eigenvalue weighted by Gasteiger charge is 2.18. The van der Waals surface area contributed by atoms with Gasteiger partial charge in [-0.1, -0.05) is 12.1 Å². The summed E-state index contributed by atoms with van der Waals surface area (Å²) in [5, 5.41) is 17.6. The molecule has 0 amide bonds. The normalized spacial score (nSPS) is 12.9. The number of phenols is 1. The Hall–Kier alpha value is -1.88. The summed E-state index contributed by atoms with van der Waals surface area (Å²) in [4.78, 5) is 0. The van der Waals surface area contributed by atoms with Gasteiger partial charge in [0.2, 0.25) is 0 Å². The summed E-state index contributed by atoms with van der Waals surface area (Å²) >= 11 is 0. The number of aromatic nitrogens is 3. The van der Waals surface area contributed by atoms with Gasteiger partial charge in [-0.25, -0.2) is 0 Å². The van der Waals surface area contributed by atoms with Crippen LogP contribution in [0.3, 0.4) is 0 Å². The van der Waals surface area contributed by atoms with Gasteiger partial charge in [0.15, 0.2) is 5.82 Å². The maximum atomic E-state index is 9.27.